The maximum atomic E-state index is 14.6. The van der Waals surface area contributed by atoms with Crippen LogP contribution in [0.2, 0.25) is 0 Å². The van der Waals surface area contributed by atoms with Crippen LogP contribution < -0.4 is 19.5 Å². The molecule has 8 heteroatoms. The fraction of sp³-hybridized carbons (Fsp3) is 0.333. The fourth-order valence-corrected chi connectivity index (χ4v) is 7.24. The van der Waals surface area contributed by atoms with Gasteiger partial charge in [-0.2, -0.15) is 0 Å². The first kappa shape index (κ1) is 24.9. The predicted octanol–water partition coefficient (Wildman–Crippen LogP) is 5.38. The number of rotatable bonds is 6. The van der Waals surface area contributed by atoms with Crippen LogP contribution in [0.1, 0.15) is 40.2 Å². The summed E-state index contributed by atoms with van der Waals surface area (Å²) in [7, 11) is 4.75. The van der Waals surface area contributed by atoms with E-state index in [0.717, 1.165) is 40.7 Å². The zero-order valence-electron chi connectivity index (χ0n) is 21.5. The third-order valence-electron chi connectivity index (χ3n) is 8.39. The summed E-state index contributed by atoms with van der Waals surface area (Å²) in [5, 5.41) is 3.11. The minimum absolute atomic E-state index is 0.0147. The molecule has 3 aliphatic rings. The summed E-state index contributed by atoms with van der Waals surface area (Å²) in [6, 6.07) is 19.0. The van der Waals surface area contributed by atoms with E-state index in [2.05, 4.69) is 26.1 Å². The standard InChI is InChI=1S/C30H29BrN2O5/c1-36-23-15-18(16-24(37-2)28(23)38-3)25-22-9-6-14-33(22)30(20-7-4-5-8-21(20)32-29(30)35)26(25)27(34)17-10-12-19(31)13-11-17/h4-5,7-8,10-13,15-16,22,25-26H,6,9,14H2,1-3H3,(H,32,35). The second-order valence-electron chi connectivity index (χ2n) is 10.0. The van der Waals surface area contributed by atoms with Crippen molar-refractivity contribution in [1.82, 2.24) is 4.90 Å². The van der Waals surface area contributed by atoms with E-state index in [1.165, 1.54) is 0 Å². The highest BCUT2D eigenvalue weighted by molar-refractivity contribution is 9.10. The van der Waals surface area contributed by atoms with Crippen LogP contribution in [0.25, 0.3) is 0 Å². The van der Waals surface area contributed by atoms with Gasteiger partial charge in [0.1, 0.15) is 5.54 Å². The van der Waals surface area contributed by atoms with Crippen LogP contribution in [0, 0.1) is 5.92 Å². The van der Waals surface area contributed by atoms with Crippen LogP contribution in [0.5, 0.6) is 17.2 Å². The van der Waals surface area contributed by atoms with Gasteiger partial charge in [-0.15, -0.1) is 0 Å². The van der Waals surface area contributed by atoms with Crippen molar-refractivity contribution in [3.8, 4) is 17.2 Å². The number of ether oxygens (including phenoxy) is 3. The zero-order valence-corrected chi connectivity index (χ0v) is 23.1. The Morgan fingerprint density at radius 2 is 1.68 bits per heavy atom. The Hall–Kier alpha value is -3.36. The van der Waals surface area contributed by atoms with E-state index in [0.29, 0.717) is 22.8 Å². The number of carbonyl (C=O) groups excluding carboxylic acids is 2. The number of Topliss-reactive ketones (excluding diaryl/α,β-unsaturated/α-hetero) is 1. The van der Waals surface area contributed by atoms with E-state index in [4.69, 9.17) is 14.2 Å². The summed E-state index contributed by atoms with van der Waals surface area (Å²) < 4.78 is 17.8. The molecular weight excluding hydrogens is 548 g/mol. The predicted molar refractivity (Wildman–Crippen MR) is 147 cm³/mol. The number of ketones is 1. The molecule has 3 heterocycles. The Morgan fingerprint density at radius 1 is 1.00 bits per heavy atom. The molecular formula is C30H29BrN2O5. The average molecular weight is 577 g/mol. The molecule has 3 aromatic rings. The van der Waals surface area contributed by atoms with Crippen molar-refractivity contribution in [3.63, 3.8) is 0 Å². The number of nitrogens with zero attached hydrogens (tertiary/aromatic N) is 1. The molecule has 4 unspecified atom stereocenters. The highest BCUT2D eigenvalue weighted by Crippen LogP contribution is 2.61. The number of para-hydroxylation sites is 1. The number of halogens is 1. The molecule has 6 rings (SSSR count). The Kier molecular flexibility index (Phi) is 6.19. The van der Waals surface area contributed by atoms with Gasteiger partial charge >= 0.3 is 0 Å². The monoisotopic (exact) mass is 576 g/mol. The van der Waals surface area contributed by atoms with Crippen LogP contribution >= 0.6 is 15.9 Å². The van der Waals surface area contributed by atoms with Crippen molar-refractivity contribution in [2.75, 3.05) is 33.2 Å². The molecule has 1 amide bonds. The van der Waals surface area contributed by atoms with Crippen molar-refractivity contribution < 1.29 is 23.8 Å². The maximum Gasteiger partial charge on any atom is 0.250 e. The summed E-state index contributed by atoms with van der Waals surface area (Å²) in [4.78, 5) is 31.0. The second-order valence-corrected chi connectivity index (χ2v) is 10.9. The summed E-state index contributed by atoms with van der Waals surface area (Å²) >= 11 is 3.48. The summed E-state index contributed by atoms with van der Waals surface area (Å²) in [5.74, 6) is 0.402. The minimum Gasteiger partial charge on any atom is -0.493 e. The highest BCUT2D eigenvalue weighted by atomic mass is 79.9. The van der Waals surface area contributed by atoms with Gasteiger partial charge in [-0.25, -0.2) is 0 Å². The van der Waals surface area contributed by atoms with Gasteiger partial charge in [-0.3, -0.25) is 14.5 Å². The lowest BCUT2D eigenvalue weighted by atomic mass is 9.68. The van der Waals surface area contributed by atoms with Gasteiger partial charge in [0.25, 0.3) is 0 Å². The number of hydrogen-bond donors (Lipinski definition) is 1. The number of nitrogens with one attached hydrogen (secondary N) is 1. The SMILES string of the molecule is COc1cc(C2C3CCCN3C3(C(=O)Nc4ccccc43)C2C(=O)c2ccc(Br)cc2)cc(OC)c1OC. The van der Waals surface area contributed by atoms with Crippen molar-refractivity contribution in [1.29, 1.82) is 0 Å². The zero-order chi connectivity index (χ0) is 26.6. The first-order valence-electron chi connectivity index (χ1n) is 12.7. The van der Waals surface area contributed by atoms with E-state index in [9.17, 15) is 9.59 Å². The Morgan fingerprint density at radius 3 is 2.34 bits per heavy atom. The van der Waals surface area contributed by atoms with Crippen LogP contribution in [0.4, 0.5) is 5.69 Å². The fourth-order valence-electron chi connectivity index (χ4n) is 6.98. The summed E-state index contributed by atoms with van der Waals surface area (Å²) in [6.45, 7) is 0.734. The van der Waals surface area contributed by atoms with Gasteiger partial charge in [0.2, 0.25) is 11.7 Å². The van der Waals surface area contributed by atoms with Gasteiger partial charge in [0, 0.05) is 33.2 Å². The molecule has 4 atom stereocenters. The molecule has 38 heavy (non-hydrogen) atoms. The first-order chi connectivity index (χ1) is 18.4. The lowest BCUT2D eigenvalue weighted by molar-refractivity contribution is -0.127. The van der Waals surface area contributed by atoms with Gasteiger partial charge in [0.15, 0.2) is 17.3 Å². The molecule has 1 N–H and O–H groups in total. The van der Waals surface area contributed by atoms with E-state index in [-0.39, 0.29) is 23.7 Å². The number of carbonyl (C=O) groups is 2. The van der Waals surface area contributed by atoms with E-state index < -0.39 is 11.5 Å². The molecule has 2 fully saturated rings. The molecule has 3 aliphatic heterocycles. The molecule has 0 aromatic heterocycles. The van der Waals surface area contributed by atoms with Crippen LogP contribution in [-0.2, 0) is 10.3 Å². The number of hydrogen-bond acceptors (Lipinski definition) is 6. The molecule has 1 spiro atoms. The van der Waals surface area contributed by atoms with Crippen molar-refractivity contribution in [3.05, 3.63) is 81.8 Å². The molecule has 0 bridgehead atoms. The third kappa shape index (κ3) is 3.43. The third-order valence-corrected chi connectivity index (χ3v) is 8.92. The molecule has 3 aromatic carbocycles. The van der Waals surface area contributed by atoms with Gasteiger partial charge in [0.05, 0.1) is 27.2 Å². The quantitative estimate of drug-likeness (QED) is 0.397. The van der Waals surface area contributed by atoms with Gasteiger partial charge < -0.3 is 19.5 Å². The van der Waals surface area contributed by atoms with Crippen molar-refractivity contribution in [2.45, 2.75) is 30.3 Å². The number of fused-ring (bicyclic) bond motifs is 4. The maximum absolute atomic E-state index is 14.6. The number of methoxy groups -OCH3 is 3. The first-order valence-corrected chi connectivity index (χ1v) is 13.5. The molecule has 196 valence electrons. The van der Waals surface area contributed by atoms with E-state index in [1.54, 1.807) is 21.3 Å². The number of amides is 1. The Labute approximate surface area is 230 Å². The summed E-state index contributed by atoms with van der Waals surface area (Å²) in [6.07, 6.45) is 1.82. The minimum atomic E-state index is -1.12. The molecule has 0 saturated carbocycles. The number of anilines is 1. The van der Waals surface area contributed by atoms with Crippen molar-refractivity contribution >= 4 is 33.3 Å². The van der Waals surface area contributed by atoms with Gasteiger partial charge in [-0.05, 0) is 55.3 Å². The molecule has 0 radical (unpaired) electrons. The Bertz CT molecular complexity index is 1400. The van der Waals surface area contributed by atoms with Gasteiger partial charge in [-0.1, -0.05) is 46.3 Å². The van der Waals surface area contributed by atoms with E-state index >= 15 is 0 Å². The highest BCUT2D eigenvalue weighted by Gasteiger charge is 2.69. The normalized spacial score (nSPS) is 25.7. The molecule has 2 saturated heterocycles. The Balaban J connectivity index is 1.62. The van der Waals surface area contributed by atoms with Crippen LogP contribution in [0.3, 0.4) is 0 Å². The van der Waals surface area contributed by atoms with Crippen LogP contribution in [0.15, 0.2) is 65.1 Å². The smallest absolute Gasteiger partial charge is 0.250 e. The lowest BCUT2D eigenvalue weighted by Gasteiger charge is -2.37. The molecule has 0 aliphatic carbocycles. The van der Waals surface area contributed by atoms with Crippen LogP contribution in [-0.4, -0.2) is 50.5 Å². The lowest BCUT2D eigenvalue weighted by Crippen LogP contribution is -2.52. The average Bonchev–Trinajstić information content (AvgIpc) is 3.60. The van der Waals surface area contributed by atoms with E-state index in [1.807, 2.05) is 60.7 Å². The largest absolute Gasteiger partial charge is 0.493 e. The summed E-state index contributed by atoms with van der Waals surface area (Å²) in [5.41, 5.74) is 1.98. The second kappa shape index (κ2) is 9.43. The number of benzene rings is 3. The van der Waals surface area contributed by atoms with Crippen molar-refractivity contribution in [2.24, 2.45) is 5.92 Å². The molecule has 7 nitrogen and oxygen atoms in total. The topological polar surface area (TPSA) is 77.1 Å².